The molecule has 0 saturated heterocycles. The Morgan fingerprint density at radius 3 is 2.72 bits per heavy atom. The third kappa shape index (κ3) is 4.51. The molecule has 0 radical (unpaired) electrons. The van der Waals surface area contributed by atoms with Crippen molar-refractivity contribution in [3.63, 3.8) is 0 Å². The summed E-state index contributed by atoms with van der Waals surface area (Å²) in [6.45, 7) is 4.23. The molecule has 4 rings (SSSR count). The number of aryl methyl sites for hydroxylation is 2. The number of nitrogens with zero attached hydrogens (tertiary/aromatic N) is 2. The van der Waals surface area contributed by atoms with E-state index in [1.807, 2.05) is 18.2 Å². The van der Waals surface area contributed by atoms with Gasteiger partial charge in [0.2, 0.25) is 0 Å². The predicted molar refractivity (Wildman–Crippen MR) is 120 cm³/mol. The zero-order valence-corrected chi connectivity index (χ0v) is 17.3. The highest BCUT2D eigenvalue weighted by Gasteiger charge is 2.10. The van der Waals surface area contributed by atoms with Gasteiger partial charge in [-0.25, -0.2) is 9.97 Å². The maximum atomic E-state index is 9.78. The number of anilines is 2. The number of fused-ring (bicyclic) bond motifs is 1. The van der Waals surface area contributed by atoms with Gasteiger partial charge in [0.15, 0.2) is 5.65 Å². The van der Waals surface area contributed by atoms with Crippen molar-refractivity contribution < 1.29 is 5.11 Å². The number of aromatic hydroxyl groups is 1. The third-order valence-electron chi connectivity index (χ3n) is 4.62. The Hall–Kier alpha value is -3.05. The molecule has 2 heterocycles. The van der Waals surface area contributed by atoms with Crippen molar-refractivity contribution in [3.8, 4) is 5.75 Å². The highest BCUT2D eigenvalue weighted by Crippen LogP contribution is 2.37. The normalized spacial score (nSPS) is 11.0. The average Bonchev–Trinajstić information content (AvgIpc) is 2.70. The standard InChI is InChI=1S/C24H23N3OS/c1-3-5-17-9-10-20-21(12-13-25-24(20)26-17)27-22-14-16(2)8-11-23(22)29-19-7-4-6-18(28)15-19/h4,6-15,28H,3,5H2,1-2H3,(H,25,26,27). The lowest BCUT2D eigenvalue weighted by molar-refractivity contribution is 0.474. The van der Waals surface area contributed by atoms with Crippen molar-refractivity contribution in [2.45, 2.75) is 36.5 Å². The second kappa shape index (κ2) is 8.53. The van der Waals surface area contributed by atoms with E-state index in [2.05, 4.69) is 54.5 Å². The molecule has 4 aromatic rings. The minimum absolute atomic E-state index is 0.269. The van der Waals surface area contributed by atoms with E-state index < -0.39 is 0 Å². The summed E-state index contributed by atoms with van der Waals surface area (Å²) in [5, 5.41) is 14.4. The first-order valence-electron chi connectivity index (χ1n) is 9.71. The lowest BCUT2D eigenvalue weighted by Crippen LogP contribution is -1.97. The Morgan fingerprint density at radius 2 is 1.90 bits per heavy atom. The molecule has 0 unspecified atom stereocenters. The molecule has 0 aliphatic rings. The fourth-order valence-electron chi connectivity index (χ4n) is 3.22. The SMILES string of the molecule is CCCc1ccc2c(Nc3cc(C)ccc3Sc3cccc(O)c3)ccnc2n1. The third-order valence-corrected chi connectivity index (χ3v) is 5.68. The van der Waals surface area contributed by atoms with Gasteiger partial charge in [0.25, 0.3) is 0 Å². The molecule has 2 N–H and O–H groups in total. The van der Waals surface area contributed by atoms with Gasteiger partial charge >= 0.3 is 0 Å². The van der Waals surface area contributed by atoms with Gasteiger partial charge in [-0.15, -0.1) is 0 Å². The summed E-state index contributed by atoms with van der Waals surface area (Å²) < 4.78 is 0. The molecular formula is C24H23N3OS. The summed E-state index contributed by atoms with van der Waals surface area (Å²) in [5.74, 6) is 0.269. The molecule has 29 heavy (non-hydrogen) atoms. The Labute approximate surface area is 175 Å². The zero-order valence-electron chi connectivity index (χ0n) is 16.5. The molecule has 0 saturated carbocycles. The van der Waals surface area contributed by atoms with E-state index in [1.54, 1.807) is 30.1 Å². The average molecular weight is 402 g/mol. The first-order valence-corrected chi connectivity index (χ1v) is 10.5. The molecule has 0 amide bonds. The first kappa shape index (κ1) is 19.3. The number of hydrogen-bond donors (Lipinski definition) is 2. The monoisotopic (exact) mass is 401 g/mol. The van der Waals surface area contributed by atoms with Crippen LogP contribution in [0.4, 0.5) is 11.4 Å². The largest absolute Gasteiger partial charge is 0.508 e. The number of rotatable bonds is 6. The molecule has 0 atom stereocenters. The van der Waals surface area contributed by atoms with Crippen LogP contribution < -0.4 is 5.32 Å². The van der Waals surface area contributed by atoms with Crippen molar-refractivity contribution in [2.75, 3.05) is 5.32 Å². The van der Waals surface area contributed by atoms with Crippen LogP contribution in [0.25, 0.3) is 11.0 Å². The van der Waals surface area contributed by atoms with Crippen LogP contribution in [0.3, 0.4) is 0 Å². The lowest BCUT2D eigenvalue weighted by atomic mass is 10.1. The molecule has 2 aromatic carbocycles. The number of phenols is 1. The summed E-state index contributed by atoms with van der Waals surface area (Å²) >= 11 is 1.62. The van der Waals surface area contributed by atoms with Crippen molar-refractivity contribution >= 4 is 34.2 Å². The summed E-state index contributed by atoms with van der Waals surface area (Å²) in [7, 11) is 0. The molecular weight excluding hydrogens is 378 g/mol. The van der Waals surface area contributed by atoms with E-state index in [0.29, 0.717) is 0 Å². The summed E-state index contributed by atoms with van der Waals surface area (Å²) in [6.07, 6.45) is 3.82. The van der Waals surface area contributed by atoms with Crippen molar-refractivity contribution in [3.05, 3.63) is 78.1 Å². The van der Waals surface area contributed by atoms with Crippen molar-refractivity contribution in [1.82, 2.24) is 9.97 Å². The number of nitrogens with one attached hydrogen (secondary N) is 1. The minimum Gasteiger partial charge on any atom is -0.508 e. The van der Waals surface area contributed by atoms with Crippen LogP contribution in [0.5, 0.6) is 5.75 Å². The highest BCUT2D eigenvalue weighted by atomic mass is 32.2. The highest BCUT2D eigenvalue weighted by molar-refractivity contribution is 7.99. The van der Waals surface area contributed by atoms with Crippen LogP contribution in [0.1, 0.15) is 24.6 Å². The van der Waals surface area contributed by atoms with Gasteiger partial charge in [-0.3, -0.25) is 0 Å². The van der Waals surface area contributed by atoms with Crippen LogP contribution in [0.15, 0.2) is 76.7 Å². The van der Waals surface area contributed by atoms with Crippen LogP contribution in [0.2, 0.25) is 0 Å². The van der Waals surface area contributed by atoms with Crippen molar-refractivity contribution in [2.24, 2.45) is 0 Å². The smallest absolute Gasteiger partial charge is 0.161 e. The van der Waals surface area contributed by atoms with Crippen LogP contribution in [-0.4, -0.2) is 15.1 Å². The second-order valence-corrected chi connectivity index (χ2v) is 8.12. The van der Waals surface area contributed by atoms with Crippen LogP contribution in [-0.2, 0) is 6.42 Å². The molecule has 4 nitrogen and oxygen atoms in total. The predicted octanol–water partition coefficient (Wildman–Crippen LogP) is 6.49. The molecule has 0 fully saturated rings. The van der Waals surface area contributed by atoms with Crippen molar-refractivity contribution in [1.29, 1.82) is 0 Å². The molecule has 2 aromatic heterocycles. The van der Waals surface area contributed by atoms with Gasteiger partial charge in [0.1, 0.15) is 5.75 Å². The van der Waals surface area contributed by atoms with Gasteiger partial charge in [-0.05, 0) is 67.4 Å². The van der Waals surface area contributed by atoms with Gasteiger partial charge in [0, 0.05) is 27.1 Å². The lowest BCUT2D eigenvalue weighted by Gasteiger charge is -2.14. The van der Waals surface area contributed by atoms with E-state index in [-0.39, 0.29) is 5.75 Å². The molecule has 0 spiro atoms. The van der Waals surface area contributed by atoms with Gasteiger partial charge < -0.3 is 10.4 Å². The van der Waals surface area contributed by atoms with Gasteiger partial charge in [0.05, 0.1) is 11.4 Å². The fourth-order valence-corrected chi connectivity index (χ4v) is 4.16. The minimum atomic E-state index is 0.269. The summed E-state index contributed by atoms with van der Waals surface area (Å²) in [4.78, 5) is 11.2. The topological polar surface area (TPSA) is 58.0 Å². The Kier molecular flexibility index (Phi) is 5.67. The maximum absolute atomic E-state index is 9.78. The molecule has 0 aliphatic heterocycles. The van der Waals surface area contributed by atoms with E-state index in [1.165, 1.54) is 5.56 Å². The molecule has 0 aliphatic carbocycles. The Morgan fingerprint density at radius 1 is 1.00 bits per heavy atom. The van der Waals surface area contributed by atoms with Crippen LogP contribution >= 0.6 is 11.8 Å². The molecule has 5 heteroatoms. The number of benzene rings is 2. The van der Waals surface area contributed by atoms with E-state index in [9.17, 15) is 5.11 Å². The number of aromatic nitrogens is 2. The van der Waals surface area contributed by atoms with E-state index in [0.717, 1.165) is 50.7 Å². The number of phenolic OH excluding ortho intramolecular Hbond substituents is 1. The fraction of sp³-hybridized carbons (Fsp3) is 0.167. The Bertz CT molecular complexity index is 1160. The van der Waals surface area contributed by atoms with Crippen LogP contribution in [0, 0.1) is 6.92 Å². The maximum Gasteiger partial charge on any atom is 0.161 e. The van der Waals surface area contributed by atoms with Gasteiger partial charge in [-0.2, -0.15) is 0 Å². The van der Waals surface area contributed by atoms with Gasteiger partial charge in [-0.1, -0.05) is 37.2 Å². The zero-order chi connectivity index (χ0) is 20.2. The summed E-state index contributed by atoms with van der Waals surface area (Å²) in [5.41, 5.74) is 5.00. The number of pyridine rings is 2. The molecule has 146 valence electrons. The van der Waals surface area contributed by atoms with E-state index in [4.69, 9.17) is 4.98 Å². The first-order chi connectivity index (χ1) is 14.1. The molecule has 0 bridgehead atoms. The quantitative estimate of drug-likeness (QED) is 0.387. The van der Waals surface area contributed by atoms with E-state index >= 15 is 0 Å². The number of hydrogen-bond acceptors (Lipinski definition) is 5. The Balaban J connectivity index is 1.70. The summed E-state index contributed by atoms with van der Waals surface area (Å²) in [6, 6.07) is 19.8. The second-order valence-electron chi connectivity index (χ2n) is 7.01.